The number of nitrogens with one attached hydrogen (secondary N) is 1. The van der Waals surface area contributed by atoms with Crippen LogP contribution in [0.25, 0.3) is 0 Å². The molecule has 1 aromatic rings. The molecule has 2 fully saturated rings. The van der Waals surface area contributed by atoms with Crippen molar-refractivity contribution in [3.05, 3.63) is 32.1 Å². The summed E-state index contributed by atoms with van der Waals surface area (Å²) in [7, 11) is 0. The Morgan fingerprint density at radius 3 is 2.71 bits per heavy atom. The lowest BCUT2D eigenvalue weighted by Crippen LogP contribution is -2.37. The monoisotopic (exact) mass is 318 g/mol. The van der Waals surface area contributed by atoms with Crippen molar-refractivity contribution >= 4 is 11.6 Å². The van der Waals surface area contributed by atoms with Crippen molar-refractivity contribution in [1.29, 1.82) is 0 Å². The maximum atomic E-state index is 11.9. The molecule has 2 N–H and O–H groups in total. The van der Waals surface area contributed by atoms with Crippen molar-refractivity contribution in [3.63, 3.8) is 0 Å². The number of hydrogen-bond acceptors (Lipinski definition) is 6. The van der Waals surface area contributed by atoms with Gasteiger partial charge in [-0.25, -0.2) is 4.79 Å². The number of aromatic nitrogens is 2. The number of aliphatic hydroxyl groups excluding tert-OH is 1. The topological polar surface area (TPSA) is 103 Å². The van der Waals surface area contributed by atoms with E-state index >= 15 is 0 Å². The molecule has 2 aliphatic rings. The second-order valence-corrected chi connectivity index (χ2v) is 5.86. The summed E-state index contributed by atoms with van der Waals surface area (Å²) in [5, 5.41) is 9.25. The van der Waals surface area contributed by atoms with Gasteiger partial charge < -0.3 is 19.3 Å². The van der Waals surface area contributed by atoms with Gasteiger partial charge in [0.05, 0.1) is 6.61 Å². The van der Waals surface area contributed by atoms with E-state index in [9.17, 15) is 14.7 Å². The van der Waals surface area contributed by atoms with Crippen molar-refractivity contribution in [2.45, 2.75) is 44.2 Å². The van der Waals surface area contributed by atoms with Crippen LogP contribution in [0.4, 0.5) is 0 Å². The van der Waals surface area contributed by atoms with Gasteiger partial charge in [-0.3, -0.25) is 14.3 Å². The number of H-pyrrole nitrogens is 1. The lowest BCUT2D eigenvalue weighted by Gasteiger charge is -2.24. The molecule has 0 aromatic carbocycles. The second-order valence-electron chi connectivity index (χ2n) is 5.46. The van der Waals surface area contributed by atoms with E-state index in [-0.39, 0.29) is 11.6 Å². The average molecular weight is 319 g/mol. The third-order valence-electron chi connectivity index (χ3n) is 3.50. The van der Waals surface area contributed by atoms with Crippen LogP contribution in [0.15, 0.2) is 15.8 Å². The number of rotatable bonds is 2. The SMILES string of the molecule is CC1(C)O[C@@H]2[C@H](O1)[C@H](n1cc(Cl)c(=O)[nH]c1=O)O[C@@H]2CO. The first-order valence-corrected chi connectivity index (χ1v) is 6.83. The average Bonchev–Trinajstić information content (AvgIpc) is 2.87. The standard InChI is InChI=1S/C12H15ClN2O6/c1-12(2)20-7-6(4-16)19-10(8(7)21-12)15-3-5(13)9(17)14-11(15)18/h3,6-8,10,16H,4H2,1-2H3,(H,14,17,18)/t6-,7+,8+,10-/m1/s1. The molecule has 0 radical (unpaired) electrons. The van der Waals surface area contributed by atoms with E-state index in [2.05, 4.69) is 4.98 Å². The van der Waals surface area contributed by atoms with Gasteiger partial charge in [0.25, 0.3) is 5.56 Å². The Morgan fingerprint density at radius 1 is 1.38 bits per heavy atom. The van der Waals surface area contributed by atoms with Crippen LogP contribution in [0.3, 0.4) is 0 Å². The van der Waals surface area contributed by atoms with E-state index in [4.69, 9.17) is 25.8 Å². The van der Waals surface area contributed by atoms with Crippen molar-refractivity contribution in [1.82, 2.24) is 9.55 Å². The highest BCUT2D eigenvalue weighted by Crippen LogP contribution is 2.42. The molecular weight excluding hydrogens is 304 g/mol. The molecule has 0 amide bonds. The fourth-order valence-electron chi connectivity index (χ4n) is 2.68. The Hall–Kier alpha value is -1.19. The van der Waals surface area contributed by atoms with Crippen LogP contribution in [0, 0.1) is 0 Å². The maximum Gasteiger partial charge on any atom is 0.330 e. The summed E-state index contributed by atoms with van der Waals surface area (Å²) >= 11 is 5.75. The molecule has 1 aromatic heterocycles. The highest BCUT2D eigenvalue weighted by Gasteiger charge is 2.55. The maximum absolute atomic E-state index is 11.9. The van der Waals surface area contributed by atoms with Gasteiger partial charge >= 0.3 is 5.69 Å². The second kappa shape index (κ2) is 4.92. The molecular formula is C12H15ClN2O6. The summed E-state index contributed by atoms with van der Waals surface area (Å²) in [5.41, 5.74) is -1.34. The molecule has 0 saturated carbocycles. The molecule has 0 aliphatic carbocycles. The van der Waals surface area contributed by atoms with Crippen LogP contribution >= 0.6 is 11.6 Å². The van der Waals surface area contributed by atoms with Gasteiger partial charge in [0, 0.05) is 6.20 Å². The molecule has 0 unspecified atom stereocenters. The van der Waals surface area contributed by atoms with E-state index in [1.807, 2.05) is 0 Å². The lowest BCUT2D eigenvalue weighted by molar-refractivity contribution is -0.200. The van der Waals surface area contributed by atoms with Crippen molar-refractivity contribution in [2.75, 3.05) is 6.61 Å². The largest absolute Gasteiger partial charge is 0.394 e. The molecule has 3 heterocycles. The van der Waals surface area contributed by atoms with Crippen molar-refractivity contribution in [2.24, 2.45) is 0 Å². The molecule has 2 aliphatic heterocycles. The van der Waals surface area contributed by atoms with Gasteiger partial charge in [-0.15, -0.1) is 0 Å². The van der Waals surface area contributed by atoms with Crippen LogP contribution < -0.4 is 11.2 Å². The Labute approximate surface area is 124 Å². The van der Waals surface area contributed by atoms with Crippen molar-refractivity contribution in [3.8, 4) is 0 Å². The highest BCUT2D eigenvalue weighted by molar-refractivity contribution is 6.30. The zero-order valence-electron chi connectivity index (χ0n) is 11.4. The summed E-state index contributed by atoms with van der Waals surface area (Å²) in [6.07, 6.45) is -1.36. The summed E-state index contributed by atoms with van der Waals surface area (Å²) in [4.78, 5) is 25.4. The van der Waals surface area contributed by atoms with Gasteiger partial charge in [0.2, 0.25) is 0 Å². The summed E-state index contributed by atoms with van der Waals surface area (Å²) in [5.74, 6) is -0.847. The zero-order valence-corrected chi connectivity index (χ0v) is 12.2. The number of aromatic amines is 1. The molecule has 116 valence electrons. The fraction of sp³-hybridized carbons (Fsp3) is 0.667. The van der Waals surface area contributed by atoms with E-state index in [1.165, 1.54) is 6.20 Å². The van der Waals surface area contributed by atoms with Gasteiger partial charge in [-0.05, 0) is 13.8 Å². The molecule has 3 rings (SSSR count). The normalized spacial score (nSPS) is 34.1. The molecule has 21 heavy (non-hydrogen) atoms. The summed E-state index contributed by atoms with van der Waals surface area (Å²) < 4.78 is 18.2. The van der Waals surface area contributed by atoms with Crippen LogP contribution in [-0.4, -0.2) is 45.4 Å². The third-order valence-corrected chi connectivity index (χ3v) is 3.77. The van der Waals surface area contributed by atoms with Crippen LogP contribution in [-0.2, 0) is 14.2 Å². The first kappa shape index (κ1) is 14.7. The van der Waals surface area contributed by atoms with Crippen LogP contribution in [0.2, 0.25) is 5.02 Å². The minimum atomic E-state index is -0.847. The predicted octanol–water partition coefficient (Wildman–Crippen LogP) is -0.400. The predicted molar refractivity (Wildman–Crippen MR) is 71.2 cm³/mol. The fourth-order valence-corrected chi connectivity index (χ4v) is 2.83. The smallest absolute Gasteiger partial charge is 0.330 e. The molecule has 0 spiro atoms. The molecule has 9 heteroatoms. The lowest BCUT2D eigenvalue weighted by atomic mass is 10.1. The Morgan fingerprint density at radius 2 is 2.05 bits per heavy atom. The number of halogens is 1. The number of ether oxygens (including phenoxy) is 3. The van der Waals surface area contributed by atoms with Gasteiger partial charge in [0.1, 0.15) is 23.3 Å². The summed E-state index contributed by atoms with van der Waals surface area (Å²) in [6, 6.07) is 0. The number of nitrogens with zero attached hydrogens (tertiary/aromatic N) is 1. The van der Waals surface area contributed by atoms with Crippen molar-refractivity contribution < 1.29 is 19.3 Å². The Balaban J connectivity index is 2.01. The van der Waals surface area contributed by atoms with Gasteiger partial charge in [0.15, 0.2) is 12.0 Å². The number of hydrogen-bond donors (Lipinski definition) is 2. The van der Waals surface area contributed by atoms with E-state index < -0.39 is 41.6 Å². The molecule has 0 bridgehead atoms. The quantitative estimate of drug-likeness (QED) is 0.769. The van der Waals surface area contributed by atoms with Crippen LogP contribution in [0.5, 0.6) is 0 Å². The first-order valence-electron chi connectivity index (χ1n) is 6.45. The summed E-state index contributed by atoms with van der Waals surface area (Å²) in [6.45, 7) is 3.20. The van der Waals surface area contributed by atoms with E-state index in [0.717, 1.165) is 4.57 Å². The molecule has 2 saturated heterocycles. The van der Waals surface area contributed by atoms with Crippen LogP contribution in [0.1, 0.15) is 20.1 Å². The van der Waals surface area contributed by atoms with E-state index in [0.29, 0.717) is 0 Å². The Bertz CT molecular complexity index is 668. The third kappa shape index (κ3) is 2.43. The number of fused-ring (bicyclic) bond motifs is 1. The first-order chi connectivity index (χ1) is 9.82. The molecule has 4 atom stereocenters. The van der Waals surface area contributed by atoms with Gasteiger partial charge in [-0.2, -0.15) is 0 Å². The zero-order chi connectivity index (χ0) is 15.4. The Kier molecular flexibility index (Phi) is 3.45. The minimum Gasteiger partial charge on any atom is -0.394 e. The molecule has 8 nitrogen and oxygen atoms in total. The van der Waals surface area contributed by atoms with Gasteiger partial charge in [-0.1, -0.05) is 11.6 Å². The number of aliphatic hydroxyl groups is 1. The highest BCUT2D eigenvalue weighted by atomic mass is 35.5. The van der Waals surface area contributed by atoms with E-state index in [1.54, 1.807) is 13.8 Å². The minimum absolute atomic E-state index is 0.139.